The third-order valence-corrected chi connectivity index (χ3v) is 3.71. The lowest BCUT2D eigenvalue weighted by Crippen LogP contribution is -2.28. The van der Waals surface area contributed by atoms with E-state index in [1.54, 1.807) is 0 Å². The fraction of sp³-hybridized carbons (Fsp3) is 0.643. The zero-order valence-electron chi connectivity index (χ0n) is 10.7. The van der Waals surface area contributed by atoms with Gasteiger partial charge in [0.1, 0.15) is 0 Å². The molecule has 0 bridgehead atoms. The third kappa shape index (κ3) is 3.12. The van der Waals surface area contributed by atoms with Crippen LogP contribution in [0.2, 0.25) is 0 Å². The van der Waals surface area contributed by atoms with Crippen LogP contribution in [-0.2, 0) is 0 Å². The molecule has 2 aliphatic carbocycles. The second-order valence-corrected chi connectivity index (χ2v) is 5.96. The number of hydrazone groups is 1. The molecule has 0 aromatic rings. The first-order chi connectivity index (χ1) is 8.11. The van der Waals surface area contributed by atoms with Gasteiger partial charge in [-0.05, 0) is 43.3 Å². The van der Waals surface area contributed by atoms with E-state index in [9.17, 15) is 0 Å². The highest BCUT2D eigenvalue weighted by molar-refractivity contribution is 6.29. The molecule has 94 valence electrons. The maximum atomic E-state index is 6.15. The summed E-state index contributed by atoms with van der Waals surface area (Å²) in [6.45, 7) is 9.05. The Morgan fingerprint density at radius 3 is 2.71 bits per heavy atom. The molecule has 0 heterocycles. The molecule has 1 unspecified atom stereocenters. The first kappa shape index (κ1) is 12.7. The van der Waals surface area contributed by atoms with Gasteiger partial charge in [0.05, 0.1) is 0 Å². The van der Waals surface area contributed by atoms with E-state index in [0.717, 1.165) is 23.9 Å². The zero-order chi connectivity index (χ0) is 12.4. The Balaban J connectivity index is 2.16. The maximum absolute atomic E-state index is 6.15. The molecule has 3 heteroatoms. The van der Waals surface area contributed by atoms with Gasteiger partial charge in [-0.15, -0.1) is 0 Å². The monoisotopic (exact) mass is 252 g/mol. The van der Waals surface area contributed by atoms with E-state index in [1.807, 2.05) is 6.08 Å². The molecule has 0 N–H and O–H groups in total. The van der Waals surface area contributed by atoms with Gasteiger partial charge in [0, 0.05) is 29.9 Å². The van der Waals surface area contributed by atoms with E-state index < -0.39 is 0 Å². The molecule has 0 saturated heterocycles. The van der Waals surface area contributed by atoms with Crippen LogP contribution in [0.15, 0.2) is 28.0 Å². The molecule has 2 nitrogen and oxygen atoms in total. The standard InChI is InChI=1S/C14H21ClN2/c1-10(2)9-17(16-3)14-7-6-12(15)8-13(14)11-4-5-11/h6-7,10-11,13H,3-5,8-9H2,1-2H3. The summed E-state index contributed by atoms with van der Waals surface area (Å²) in [5.74, 6) is 1.94. The van der Waals surface area contributed by atoms with E-state index in [1.165, 1.54) is 18.5 Å². The van der Waals surface area contributed by atoms with Crippen molar-refractivity contribution in [3.63, 3.8) is 0 Å². The van der Waals surface area contributed by atoms with Crippen LogP contribution in [0.4, 0.5) is 0 Å². The number of nitrogens with zero attached hydrogens (tertiary/aromatic N) is 2. The number of hydrogen-bond acceptors (Lipinski definition) is 2. The van der Waals surface area contributed by atoms with Gasteiger partial charge in [-0.3, -0.25) is 5.01 Å². The van der Waals surface area contributed by atoms with E-state index in [4.69, 9.17) is 11.6 Å². The highest BCUT2D eigenvalue weighted by Gasteiger charge is 2.36. The minimum absolute atomic E-state index is 0.553. The smallest absolute Gasteiger partial charge is 0.0435 e. The quantitative estimate of drug-likeness (QED) is 0.534. The Bertz CT molecular complexity index is 353. The second-order valence-electron chi connectivity index (χ2n) is 5.47. The lowest BCUT2D eigenvalue weighted by Gasteiger charge is -2.31. The Hall–Kier alpha value is -0.760. The van der Waals surface area contributed by atoms with Crippen LogP contribution in [0.1, 0.15) is 33.1 Å². The Morgan fingerprint density at radius 2 is 2.18 bits per heavy atom. The molecule has 1 saturated carbocycles. The van der Waals surface area contributed by atoms with Crippen molar-refractivity contribution in [1.29, 1.82) is 0 Å². The zero-order valence-corrected chi connectivity index (χ0v) is 11.5. The van der Waals surface area contributed by atoms with Crippen LogP contribution in [-0.4, -0.2) is 18.3 Å². The Kier molecular flexibility index (Phi) is 3.93. The topological polar surface area (TPSA) is 15.6 Å². The minimum atomic E-state index is 0.553. The fourth-order valence-corrected chi connectivity index (χ4v) is 2.69. The van der Waals surface area contributed by atoms with Crippen molar-refractivity contribution in [2.45, 2.75) is 33.1 Å². The predicted octanol–water partition coefficient (Wildman–Crippen LogP) is 4.00. The first-order valence-electron chi connectivity index (χ1n) is 6.42. The number of hydrogen-bond donors (Lipinski definition) is 0. The van der Waals surface area contributed by atoms with Gasteiger partial charge in [0.15, 0.2) is 0 Å². The third-order valence-electron chi connectivity index (χ3n) is 3.43. The van der Waals surface area contributed by atoms with Crippen molar-refractivity contribution in [3.05, 3.63) is 22.9 Å². The van der Waals surface area contributed by atoms with Gasteiger partial charge < -0.3 is 0 Å². The summed E-state index contributed by atoms with van der Waals surface area (Å²) in [6, 6.07) is 0. The number of halogens is 1. The SMILES string of the molecule is C=NN(CC(C)C)C1=CC=C(Cl)CC1C1CC1. The van der Waals surface area contributed by atoms with Crippen molar-refractivity contribution >= 4 is 18.3 Å². The van der Waals surface area contributed by atoms with Crippen LogP contribution >= 0.6 is 11.6 Å². The molecule has 1 atom stereocenters. The van der Waals surface area contributed by atoms with Crippen molar-refractivity contribution in [2.24, 2.45) is 22.9 Å². The molecule has 0 radical (unpaired) electrons. The normalized spacial score (nSPS) is 24.4. The molecule has 0 spiro atoms. The van der Waals surface area contributed by atoms with Gasteiger partial charge in [0.2, 0.25) is 0 Å². The van der Waals surface area contributed by atoms with Gasteiger partial charge >= 0.3 is 0 Å². The van der Waals surface area contributed by atoms with Gasteiger partial charge in [0.25, 0.3) is 0 Å². The molecule has 2 rings (SSSR count). The van der Waals surface area contributed by atoms with Crippen LogP contribution in [0.3, 0.4) is 0 Å². The first-order valence-corrected chi connectivity index (χ1v) is 6.80. The summed E-state index contributed by atoms with van der Waals surface area (Å²) in [7, 11) is 0. The van der Waals surface area contributed by atoms with Gasteiger partial charge in [-0.2, -0.15) is 5.10 Å². The molecule has 1 fully saturated rings. The minimum Gasteiger partial charge on any atom is -0.270 e. The lowest BCUT2D eigenvalue weighted by molar-refractivity contribution is 0.271. The predicted molar refractivity (Wildman–Crippen MR) is 73.9 cm³/mol. The highest BCUT2D eigenvalue weighted by atomic mass is 35.5. The van der Waals surface area contributed by atoms with E-state index >= 15 is 0 Å². The Morgan fingerprint density at radius 1 is 1.47 bits per heavy atom. The summed E-state index contributed by atoms with van der Waals surface area (Å²) < 4.78 is 0. The summed E-state index contributed by atoms with van der Waals surface area (Å²) in [4.78, 5) is 0. The lowest BCUT2D eigenvalue weighted by atomic mass is 9.91. The summed E-state index contributed by atoms with van der Waals surface area (Å²) in [6.07, 6.45) is 7.78. The summed E-state index contributed by atoms with van der Waals surface area (Å²) in [5, 5.41) is 7.21. The van der Waals surface area contributed by atoms with Crippen LogP contribution < -0.4 is 0 Å². The van der Waals surface area contributed by atoms with Gasteiger partial charge in [-0.25, -0.2) is 0 Å². The second kappa shape index (κ2) is 5.26. The largest absolute Gasteiger partial charge is 0.270 e. The number of allylic oxidation sites excluding steroid dienone is 4. The van der Waals surface area contributed by atoms with Crippen molar-refractivity contribution < 1.29 is 0 Å². The Labute approximate surface area is 109 Å². The van der Waals surface area contributed by atoms with Crippen molar-refractivity contribution in [3.8, 4) is 0 Å². The van der Waals surface area contributed by atoms with Crippen LogP contribution in [0.25, 0.3) is 0 Å². The van der Waals surface area contributed by atoms with Gasteiger partial charge in [-0.1, -0.05) is 25.4 Å². The van der Waals surface area contributed by atoms with E-state index in [-0.39, 0.29) is 0 Å². The van der Waals surface area contributed by atoms with Crippen LogP contribution in [0, 0.1) is 17.8 Å². The molecule has 0 aromatic heterocycles. The van der Waals surface area contributed by atoms with Crippen molar-refractivity contribution in [2.75, 3.05) is 6.54 Å². The molecular weight excluding hydrogens is 232 g/mol. The summed E-state index contributed by atoms with van der Waals surface area (Å²) >= 11 is 6.15. The van der Waals surface area contributed by atoms with E-state index in [2.05, 4.69) is 36.8 Å². The highest BCUT2D eigenvalue weighted by Crippen LogP contribution is 2.46. The van der Waals surface area contributed by atoms with E-state index in [0.29, 0.717) is 11.8 Å². The molecule has 2 aliphatic rings. The fourth-order valence-electron chi connectivity index (χ4n) is 2.46. The molecule has 17 heavy (non-hydrogen) atoms. The average molecular weight is 253 g/mol. The maximum Gasteiger partial charge on any atom is 0.0435 e. The van der Waals surface area contributed by atoms with Crippen molar-refractivity contribution in [1.82, 2.24) is 5.01 Å². The molecule has 0 aliphatic heterocycles. The average Bonchev–Trinajstić information content (AvgIpc) is 3.09. The summed E-state index contributed by atoms with van der Waals surface area (Å²) in [5.41, 5.74) is 1.31. The molecular formula is C14H21ClN2. The number of rotatable bonds is 5. The van der Waals surface area contributed by atoms with Crippen LogP contribution in [0.5, 0.6) is 0 Å². The molecule has 0 aromatic carbocycles. The molecule has 0 amide bonds.